The van der Waals surface area contributed by atoms with Crippen LogP contribution in [0.3, 0.4) is 0 Å². The zero-order valence-corrected chi connectivity index (χ0v) is 18.7. The number of aliphatic carboxylic acids is 1. The Hall–Kier alpha value is -4.13. The fourth-order valence-corrected chi connectivity index (χ4v) is 4.68. The van der Waals surface area contributed by atoms with Gasteiger partial charge in [0.2, 0.25) is 0 Å². The number of rotatable bonds is 6. The molecule has 34 heavy (non-hydrogen) atoms. The molecule has 0 aliphatic heterocycles. The van der Waals surface area contributed by atoms with Crippen LogP contribution in [0.15, 0.2) is 72.8 Å². The van der Waals surface area contributed by atoms with E-state index in [9.17, 15) is 19.5 Å². The minimum absolute atomic E-state index is 0.0505. The van der Waals surface area contributed by atoms with Gasteiger partial charge in [-0.1, -0.05) is 54.6 Å². The highest BCUT2D eigenvalue weighted by Crippen LogP contribution is 2.44. The molecule has 0 saturated heterocycles. The molecular formula is C27H24N2O5. The number of carboxylic acids is 1. The maximum Gasteiger partial charge on any atom is 0.411 e. The van der Waals surface area contributed by atoms with Gasteiger partial charge in [0.15, 0.2) is 0 Å². The SMILES string of the molecule is CN(C(=O)c1cccc(NC(=O)OCC2c3ccccc3-c3ccccc32)c1)C1(C(=O)O)CC1. The first-order valence-electron chi connectivity index (χ1n) is 11.1. The van der Waals surface area contributed by atoms with E-state index in [1.54, 1.807) is 18.2 Å². The van der Waals surface area contributed by atoms with Crippen molar-refractivity contribution >= 4 is 23.7 Å². The monoisotopic (exact) mass is 456 g/mol. The standard InChI is InChI=1S/C27H24N2O5/c1-29(27(13-14-27)25(31)32)24(30)17-7-6-8-18(15-17)28-26(33)34-16-23-21-11-4-2-9-19(21)20-10-3-5-12-22(20)23/h2-12,15,23H,13-14,16H2,1H3,(H,28,33)(H,31,32). The van der Waals surface area contributed by atoms with E-state index in [0.29, 0.717) is 24.1 Å². The van der Waals surface area contributed by atoms with Crippen LogP contribution in [0.25, 0.3) is 11.1 Å². The quantitative estimate of drug-likeness (QED) is 0.559. The maximum absolute atomic E-state index is 12.8. The Kier molecular flexibility index (Phi) is 5.32. The number of carboxylic acid groups (broad SMARTS) is 1. The van der Waals surface area contributed by atoms with Crippen LogP contribution in [0.4, 0.5) is 10.5 Å². The van der Waals surface area contributed by atoms with Crippen molar-refractivity contribution in [2.24, 2.45) is 0 Å². The van der Waals surface area contributed by atoms with Gasteiger partial charge in [-0.3, -0.25) is 10.1 Å². The van der Waals surface area contributed by atoms with E-state index in [1.807, 2.05) is 24.3 Å². The summed E-state index contributed by atoms with van der Waals surface area (Å²) in [7, 11) is 1.50. The summed E-state index contributed by atoms with van der Waals surface area (Å²) in [5, 5.41) is 12.1. The molecule has 0 heterocycles. The summed E-state index contributed by atoms with van der Waals surface area (Å²) in [5.74, 6) is -1.46. The average molecular weight is 456 g/mol. The molecule has 0 spiro atoms. The zero-order valence-electron chi connectivity index (χ0n) is 18.7. The van der Waals surface area contributed by atoms with Gasteiger partial charge in [-0.05, 0) is 53.3 Å². The number of likely N-dealkylation sites (N-methyl/N-ethyl adjacent to an activating group) is 1. The summed E-state index contributed by atoms with van der Waals surface area (Å²) in [4.78, 5) is 38.2. The zero-order chi connectivity index (χ0) is 23.9. The Labute approximate surface area is 197 Å². The molecule has 0 radical (unpaired) electrons. The van der Waals surface area contributed by atoms with Crippen molar-refractivity contribution in [3.63, 3.8) is 0 Å². The molecule has 0 aromatic heterocycles. The lowest BCUT2D eigenvalue weighted by atomic mass is 9.98. The third-order valence-electron chi connectivity index (χ3n) is 6.77. The molecule has 3 aromatic rings. The Bertz CT molecular complexity index is 1250. The third-order valence-corrected chi connectivity index (χ3v) is 6.77. The molecule has 172 valence electrons. The van der Waals surface area contributed by atoms with Crippen LogP contribution in [0.2, 0.25) is 0 Å². The average Bonchev–Trinajstić information content (AvgIpc) is 3.61. The first kappa shape index (κ1) is 21.7. The number of benzene rings is 3. The van der Waals surface area contributed by atoms with Crippen molar-refractivity contribution in [1.29, 1.82) is 0 Å². The van der Waals surface area contributed by atoms with Gasteiger partial charge in [-0.25, -0.2) is 9.59 Å². The van der Waals surface area contributed by atoms with Crippen LogP contribution in [-0.2, 0) is 9.53 Å². The van der Waals surface area contributed by atoms with E-state index < -0.39 is 23.5 Å². The minimum Gasteiger partial charge on any atom is -0.479 e. The summed E-state index contributed by atoms with van der Waals surface area (Å²) in [6.45, 7) is 0.183. The van der Waals surface area contributed by atoms with Gasteiger partial charge in [-0.2, -0.15) is 0 Å². The van der Waals surface area contributed by atoms with Crippen LogP contribution in [-0.4, -0.2) is 47.2 Å². The Morgan fingerprint density at radius 3 is 2.18 bits per heavy atom. The summed E-state index contributed by atoms with van der Waals surface area (Å²) in [6, 6.07) is 22.6. The number of carbonyl (C=O) groups is 3. The van der Waals surface area contributed by atoms with Crippen molar-refractivity contribution in [3.8, 4) is 11.1 Å². The normalized spacial score (nSPS) is 15.1. The van der Waals surface area contributed by atoms with Crippen LogP contribution in [0, 0.1) is 0 Å². The largest absolute Gasteiger partial charge is 0.479 e. The molecule has 3 aromatic carbocycles. The van der Waals surface area contributed by atoms with Gasteiger partial charge < -0.3 is 14.7 Å². The highest BCUT2D eigenvalue weighted by atomic mass is 16.5. The third kappa shape index (κ3) is 3.69. The van der Waals surface area contributed by atoms with E-state index in [0.717, 1.165) is 22.3 Å². The number of nitrogens with zero attached hydrogens (tertiary/aromatic N) is 1. The van der Waals surface area contributed by atoms with E-state index in [-0.39, 0.29) is 12.5 Å². The van der Waals surface area contributed by atoms with Crippen molar-refractivity contribution in [3.05, 3.63) is 89.5 Å². The summed E-state index contributed by atoms with van der Waals surface area (Å²) in [5.41, 5.74) is 4.12. The van der Waals surface area contributed by atoms with Crippen LogP contribution < -0.4 is 5.32 Å². The number of ether oxygens (including phenoxy) is 1. The smallest absolute Gasteiger partial charge is 0.411 e. The van der Waals surface area contributed by atoms with Crippen molar-refractivity contribution < 1.29 is 24.2 Å². The molecule has 2 amide bonds. The van der Waals surface area contributed by atoms with Gasteiger partial charge in [0, 0.05) is 24.2 Å². The fraction of sp³-hybridized carbons (Fsp3) is 0.222. The first-order valence-corrected chi connectivity index (χ1v) is 11.1. The minimum atomic E-state index is -1.13. The number of anilines is 1. The highest BCUT2D eigenvalue weighted by molar-refractivity contribution is 6.00. The molecule has 2 aliphatic carbocycles. The summed E-state index contributed by atoms with van der Waals surface area (Å²) in [6.07, 6.45) is 0.244. The maximum atomic E-state index is 12.8. The molecule has 0 atom stereocenters. The molecule has 7 nitrogen and oxygen atoms in total. The van der Waals surface area contributed by atoms with Gasteiger partial charge in [0.05, 0.1) is 0 Å². The summed E-state index contributed by atoms with van der Waals surface area (Å²) < 4.78 is 5.56. The number of carbonyl (C=O) groups excluding carboxylic acids is 2. The lowest BCUT2D eigenvalue weighted by molar-refractivity contribution is -0.143. The second-order valence-corrected chi connectivity index (χ2v) is 8.73. The molecule has 2 N–H and O–H groups in total. The van der Waals surface area contributed by atoms with Crippen molar-refractivity contribution in [2.75, 3.05) is 19.0 Å². The Morgan fingerprint density at radius 1 is 0.971 bits per heavy atom. The second kappa shape index (κ2) is 8.33. The lowest BCUT2D eigenvalue weighted by Crippen LogP contribution is -2.44. The van der Waals surface area contributed by atoms with E-state index in [2.05, 4.69) is 29.6 Å². The van der Waals surface area contributed by atoms with Gasteiger partial charge in [0.1, 0.15) is 12.1 Å². The number of nitrogens with one attached hydrogen (secondary N) is 1. The number of fused-ring (bicyclic) bond motifs is 3. The van der Waals surface area contributed by atoms with E-state index in [1.165, 1.54) is 18.0 Å². The Morgan fingerprint density at radius 2 is 1.59 bits per heavy atom. The first-order chi connectivity index (χ1) is 16.4. The number of hydrogen-bond acceptors (Lipinski definition) is 4. The molecule has 1 saturated carbocycles. The topological polar surface area (TPSA) is 95.9 Å². The molecule has 0 unspecified atom stereocenters. The molecule has 0 bridgehead atoms. The molecule has 7 heteroatoms. The molecule has 5 rings (SSSR count). The van der Waals surface area contributed by atoms with Crippen LogP contribution >= 0.6 is 0 Å². The summed E-state index contributed by atoms with van der Waals surface area (Å²) >= 11 is 0. The van der Waals surface area contributed by atoms with E-state index >= 15 is 0 Å². The number of hydrogen-bond donors (Lipinski definition) is 2. The van der Waals surface area contributed by atoms with Gasteiger partial charge >= 0.3 is 12.1 Å². The predicted octanol–water partition coefficient (Wildman–Crippen LogP) is 4.74. The fourth-order valence-electron chi connectivity index (χ4n) is 4.68. The lowest BCUT2D eigenvalue weighted by Gasteiger charge is -2.24. The van der Waals surface area contributed by atoms with Crippen molar-refractivity contribution in [1.82, 2.24) is 4.90 Å². The van der Waals surface area contributed by atoms with Crippen LogP contribution in [0.1, 0.15) is 40.2 Å². The van der Waals surface area contributed by atoms with Crippen molar-refractivity contribution in [2.45, 2.75) is 24.3 Å². The molecule has 1 fully saturated rings. The molecule has 2 aliphatic rings. The number of amides is 2. The Balaban J connectivity index is 1.26. The molecular weight excluding hydrogens is 432 g/mol. The van der Waals surface area contributed by atoms with Crippen LogP contribution in [0.5, 0.6) is 0 Å². The highest BCUT2D eigenvalue weighted by Gasteiger charge is 2.55. The predicted molar refractivity (Wildman–Crippen MR) is 127 cm³/mol. The van der Waals surface area contributed by atoms with Gasteiger partial charge in [-0.15, -0.1) is 0 Å². The second-order valence-electron chi connectivity index (χ2n) is 8.73. The van der Waals surface area contributed by atoms with Gasteiger partial charge in [0.25, 0.3) is 5.91 Å². The van der Waals surface area contributed by atoms with E-state index in [4.69, 9.17) is 4.74 Å².